The van der Waals surface area contributed by atoms with Gasteiger partial charge in [-0.25, -0.2) is 4.98 Å². The number of nitrogens with one attached hydrogen (secondary N) is 2. The average molecular weight is 213 g/mol. The molecule has 0 fully saturated rings. The molecule has 5 nitrogen and oxygen atoms in total. The Morgan fingerprint density at radius 3 is 2.81 bits per heavy atom. The van der Waals surface area contributed by atoms with Crippen molar-refractivity contribution in [3.63, 3.8) is 0 Å². The summed E-state index contributed by atoms with van der Waals surface area (Å²) in [5, 5.41) is 1.00. The lowest BCUT2D eigenvalue weighted by Crippen LogP contribution is -2.07. The molecule has 0 aliphatic heterocycles. The van der Waals surface area contributed by atoms with Crippen molar-refractivity contribution in [2.75, 3.05) is 0 Å². The molecule has 1 aromatic carbocycles. The van der Waals surface area contributed by atoms with Gasteiger partial charge in [0.1, 0.15) is 0 Å². The first-order valence-electron chi connectivity index (χ1n) is 4.74. The monoisotopic (exact) mass is 213 g/mol. The zero-order chi connectivity index (χ0) is 11.1. The third-order valence-electron chi connectivity index (χ3n) is 2.52. The second kappa shape index (κ2) is 3.03. The molecule has 0 spiro atoms. The molecule has 3 rings (SSSR count). The van der Waals surface area contributed by atoms with Crippen LogP contribution in [0.4, 0.5) is 0 Å². The highest BCUT2D eigenvalue weighted by Gasteiger charge is 2.04. The molecule has 0 saturated heterocycles. The minimum Gasteiger partial charge on any atom is -0.361 e. The van der Waals surface area contributed by atoms with E-state index in [1.54, 1.807) is 18.3 Å². The van der Waals surface area contributed by atoms with Crippen molar-refractivity contribution in [2.45, 2.75) is 0 Å². The van der Waals surface area contributed by atoms with Crippen molar-refractivity contribution in [1.82, 2.24) is 15.0 Å². The molecule has 0 bridgehead atoms. The molecule has 0 amide bonds. The fourth-order valence-corrected chi connectivity index (χ4v) is 1.74. The van der Waals surface area contributed by atoms with Crippen LogP contribution in [0.2, 0.25) is 0 Å². The van der Waals surface area contributed by atoms with Gasteiger partial charge in [0, 0.05) is 17.6 Å². The molecule has 2 heterocycles. The molecule has 0 saturated carbocycles. The number of aromatic amines is 2. The topological polar surface area (TPSA) is 78.6 Å². The number of nitrogens with zero attached hydrogens (tertiary/aromatic N) is 1. The number of rotatable bonds is 0. The zero-order valence-corrected chi connectivity index (χ0v) is 8.15. The Kier molecular flexibility index (Phi) is 1.67. The van der Waals surface area contributed by atoms with Crippen LogP contribution in [0.5, 0.6) is 0 Å². The Labute approximate surface area is 88.8 Å². The van der Waals surface area contributed by atoms with E-state index in [0.29, 0.717) is 21.8 Å². The van der Waals surface area contributed by atoms with Gasteiger partial charge in [-0.15, -0.1) is 0 Å². The maximum atomic E-state index is 11.6. The third kappa shape index (κ3) is 1.15. The van der Waals surface area contributed by atoms with Gasteiger partial charge in [0.2, 0.25) is 0 Å². The molecule has 2 N–H and O–H groups in total. The Balaban J connectivity index is 2.65. The van der Waals surface area contributed by atoms with E-state index in [1.807, 2.05) is 0 Å². The van der Waals surface area contributed by atoms with E-state index in [-0.39, 0.29) is 11.0 Å². The van der Waals surface area contributed by atoms with Crippen LogP contribution in [0.15, 0.2) is 40.3 Å². The van der Waals surface area contributed by atoms with Crippen LogP contribution in [0.1, 0.15) is 0 Å². The van der Waals surface area contributed by atoms with E-state index in [0.717, 1.165) is 0 Å². The Hall–Kier alpha value is -2.43. The SMILES string of the molecule is O=c1[nH]cnc2cc3c(=O)cc[nH]c3cc12. The molecule has 0 radical (unpaired) electrons. The molecule has 5 heteroatoms. The lowest BCUT2D eigenvalue weighted by Gasteiger charge is -1.99. The van der Waals surface area contributed by atoms with E-state index in [2.05, 4.69) is 15.0 Å². The van der Waals surface area contributed by atoms with Crippen LogP contribution in [-0.2, 0) is 0 Å². The number of aromatic nitrogens is 3. The number of pyridine rings is 1. The largest absolute Gasteiger partial charge is 0.361 e. The number of hydrogen-bond donors (Lipinski definition) is 2. The smallest absolute Gasteiger partial charge is 0.258 e. The third-order valence-corrected chi connectivity index (χ3v) is 2.52. The van der Waals surface area contributed by atoms with Crippen LogP contribution < -0.4 is 11.0 Å². The molecular formula is C11H7N3O2. The zero-order valence-electron chi connectivity index (χ0n) is 8.15. The summed E-state index contributed by atoms with van der Waals surface area (Å²) >= 11 is 0. The van der Waals surface area contributed by atoms with Gasteiger partial charge in [0.25, 0.3) is 5.56 Å². The van der Waals surface area contributed by atoms with Crippen LogP contribution >= 0.6 is 0 Å². The Morgan fingerprint density at radius 2 is 1.94 bits per heavy atom. The standard InChI is InChI=1S/C11H7N3O2/c15-10-1-2-12-8-4-7-9(3-6(8)10)13-5-14-11(7)16/h1-5H,(H,12,15)(H,13,14,16). The normalized spacial score (nSPS) is 11.0. The van der Waals surface area contributed by atoms with E-state index in [1.165, 1.54) is 12.4 Å². The number of hydrogen-bond acceptors (Lipinski definition) is 3. The van der Waals surface area contributed by atoms with Crippen LogP contribution in [0.3, 0.4) is 0 Å². The summed E-state index contributed by atoms with van der Waals surface area (Å²) < 4.78 is 0. The molecular weight excluding hydrogens is 206 g/mol. The second-order valence-electron chi connectivity index (χ2n) is 3.49. The molecule has 78 valence electrons. The fraction of sp³-hybridized carbons (Fsp3) is 0. The summed E-state index contributed by atoms with van der Waals surface area (Å²) in [5.41, 5.74) is 0.862. The minimum atomic E-state index is -0.211. The van der Waals surface area contributed by atoms with E-state index < -0.39 is 0 Å². The van der Waals surface area contributed by atoms with Crippen LogP contribution in [0.25, 0.3) is 21.8 Å². The first-order chi connectivity index (χ1) is 7.75. The van der Waals surface area contributed by atoms with E-state index in [4.69, 9.17) is 0 Å². The fourth-order valence-electron chi connectivity index (χ4n) is 1.74. The van der Waals surface area contributed by atoms with Crippen molar-refractivity contribution >= 4 is 21.8 Å². The van der Waals surface area contributed by atoms with Crippen molar-refractivity contribution < 1.29 is 0 Å². The highest BCUT2D eigenvalue weighted by Crippen LogP contribution is 2.13. The predicted octanol–water partition coefficient (Wildman–Crippen LogP) is 0.765. The number of fused-ring (bicyclic) bond motifs is 2. The molecule has 0 aliphatic rings. The van der Waals surface area contributed by atoms with E-state index >= 15 is 0 Å². The average Bonchev–Trinajstić information content (AvgIpc) is 2.29. The molecule has 2 aromatic heterocycles. The number of H-pyrrole nitrogens is 2. The first kappa shape index (κ1) is 8.84. The van der Waals surface area contributed by atoms with Gasteiger partial charge in [-0.2, -0.15) is 0 Å². The van der Waals surface area contributed by atoms with Crippen LogP contribution in [0, 0.1) is 0 Å². The minimum absolute atomic E-state index is 0.0854. The van der Waals surface area contributed by atoms with Crippen molar-refractivity contribution in [2.24, 2.45) is 0 Å². The number of benzene rings is 1. The van der Waals surface area contributed by atoms with Gasteiger partial charge in [-0.3, -0.25) is 9.59 Å². The molecule has 0 unspecified atom stereocenters. The lowest BCUT2D eigenvalue weighted by molar-refractivity contribution is 1.17. The van der Waals surface area contributed by atoms with Gasteiger partial charge < -0.3 is 9.97 Å². The maximum Gasteiger partial charge on any atom is 0.258 e. The molecule has 0 aliphatic carbocycles. The molecule has 0 atom stereocenters. The maximum absolute atomic E-state index is 11.6. The van der Waals surface area contributed by atoms with E-state index in [9.17, 15) is 9.59 Å². The van der Waals surface area contributed by atoms with Gasteiger partial charge in [-0.05, 0) is 12.1 Å². The Bertz CT molecular complexity index is 732. The summed E-state index contributed by atoms with van der Waals surface area (Å²) in [6.07, 6.45) is 2.88. The van der Waals surface area contributed by atoms with Crippen molar-refractivity contribution in [3.05, 3.63) is 51.3 Å². The predicted molar refractivity (Wildman–Crippen MR) is 60.5 cm³/mol. The summed E-state index contributed by atoms with van der Waals surface area (Å²) in [5.74, 6) is 0. The van der Waals surface area contributed by atoms with Gasteiger partial charge in [0.05, 0.1) is 22.7 Å². The lowest BCUT2D eigenvalue weighted by atomic mass is 10.1. The summed E-state index contributed by atoms with van der Waals surface area (Å²) in [6.45, 7) is 0. The quantitative estimate of drug-likeness (QED) is 0.541. The Morgan fingerprint density at radius 1 is 1.06 bits per heavy atom. The highest BCUT2D eigenvalue weighted by molar-refractivity contribution is 5.93. The second-order valence-corrected chi connectivity index (χ2v) is 3.49. The van der Waals surface area contributed by atoms with Crippen molar-refractivity contribution in [3.8, 4) is 0 Å². The highest BCUT2D eigenvalue weighted by atomic mass is 16.1. The van der Waals surface area contributed by atoms with Crippen LogP contribution in [-0.4, -0.2) is 15.0 Å². The van der Waals surface area contributed by atoms with Gasteiger partial charge in [-0.1, -0.05) is 0 Å². The first-order valence-corrected chi connectivity index (χ1v) is 4.74. The summed E-state index contributed by atoms with van der Waals surface area (Å²) in [4.78, 5) is 32.5. The van der Waals surface area contributed by atoms with Crippen molar-refractivity contribution in [1.29, 1.82) is 0 Å². The molecule has 3 aromatic rings. The van der Waals surface area contributed by atoms with Gasteiger partial charge in [0.15, 0.2) is 5.43 Å². The summed E-state index contributed by atoms with van der Waals surface area (Å²) in [7, 11) is 0. The summed E-state index contributed by atoms with van der Waals surface area (Å²) in [6, 6.07) is 4.71. The van der Waals surface area contributed by atoms with Gasteiger partial charge >= 0.3 is 0 Å². The molecule has 16 heavy (non-hydrogen) atoms.